The van der Waals surface area contributed by atoms with Crippen LogP contribution in [0.4, 0.5) is 17.1 Å². The van der Waals surface area contributed by atoms with E-state index in [-0.39, 0.29) is 10.8 Å². The molecule has 248 valence electrons. The Labute approximate surface area is 301 Å². The molecule has 0 spiro atoms. The third kappa shape index (κ3) is 4.64. The van der Waals surface area contributed by atoms with E-state index in [0.717, 1.165) is 0 Å². The second-order valence-corrected chi connectivity index (χ2v) is 16.2. The van der Waals surface area contributed by atoms with E-state index in [2.05, 4.69) is 160 Å². The van der Waals surface area contributed by atoms with Gasteiger partial charge in [0.1, 0.15) is 0 Å². The maximum absolute atomic E-state index is 2.57. The van der Waals surface area contributed by atoms with Crippen LogP contribution >= 0.6 is 11.3 Å². The predicted octanol–water partition coefficient (Wildman–Crippen LogP) is 14.5. The molecule has 1 heterocycles. The minimum atomic E-state index is -0.0733. The fourth-order valence-electron chi connectivity index (χ4n) is 9.33. The van der Waals surface area contributed by atoms with Crippen molar-refractivity contribution in [2.24, 2.45) is 0 Å². The minimum absolute atomic E-state index is 0.0364. The van der Waals surface area contributed by atoms with Crippen LogP contribution in [0.3, 0.4) is 0 Å². The number of anilines is 3. The fourth-order valence-corrected chi connectivity index (χ4v) is 10.4. The van der Waals surface area contributed by atoms with E-state index >= 15 is 0 Å². The van der Waals surface area contributed by atoms with Gasteiger partial charge in [-0.05, 0) is 106 Å². The molecule has 0 unspecified atom stereocenters. The summed E-state index contributed by atoms with van der Waals surface area (Å²) in [6, 6.07) is 48.8. The topological polar surface area (TPSA) is 3.24 Å². The van der Waals surface area contributed by atoms with Gasteiger partial charge in [-0.1, -0.05) is 132 Å². The van der Waals surface area contributed by atoms with Crippen molar-refractivity contribution in [1.29, 1.82) is 0 Å². The van der Waals surface area contributed by atoms with Crippen molar-refractivity contribution in [2.45, 2.75) is 77.0 Å². The molecule has 7 aromatic rings. The smallest absolute Gasteiger partial charge is 0.0468 e. The first-order chi connectivity index (χ1) is 24.4. The molecule has 0 aliphatic heterocycles. The molecule has 1 nitrogen and oxygen atoms in total. The van der Waals surface area contributed by atoms with E-state index in [1.54, 1.807) is 0 Å². The Hall–Kier alpha value is -4.66. The van der Waals surface area contributed by atoms with Crippen LogP contribution in [0.2, 0.25) is 0 Å². The van der Waals surface area contributed by atoms with Crippen molar-refractivity contribution >= 4 is 48.6 Å². The molecule has 0 N–H and O–H groups in total. The molecule has 2 aliphatic rings. The average molecular weight is 668 g/mol. The lowest BCUT2D eigenvalue weighted by atomic mass is 9.71. The maximum atomic E-state index is 2.57. The number of fused-ring (bicyclic) bond motifs is 9. The standard InChI is InChI=1S/C48H45NS/c1-5-7-27-48(28-8-6-2)42-19-13-10-16-36(42)38-25-22-34(31-44(38)48)49(32-23-26-46-40(29-32)39-17-11-14-20-45(39)50-46)33-21-24-37-35-15-9-12-18-41(35)47(3,4)43(37)30-33/h9-26,29-31H,5-8,27-28H2,1-4H3. The van der Waals surface area contributed by atoms with Gasteiger partial charge in [0, 0.05) is 48.1 Å². The van der Waals surface area contributed by atoms with Crippen LogP contribution in [0.1, 0.15) is 88.5 Å². The van der Waals surface area contributed by atoms with E-state index in [0.29, 0.717) is 0 Å². The summed E-state index contributed by atoms with van der Waals surface area (Å²) in [5.74, 6) is 0. The third-order valence-electron chi connectivity index (χ3n) is 11.9. The zero-order valence-electron chi connectivity index (χ0n) is 29.7. The summed E-state index contributed by atoms with van der Waals surface area (Å²) in [6.45, 7) is 9.45. The fraction of sp³-hybridized carbons (Fsp3) is 0.250. The van der Waals surface area contributed by atoms with Gasteiger partial charge in [-0.15, -0.1) is 11.3 Å². The summed E-state index contributed by atoms with van der Waals surface area (Å²) < 4.78 is 2.68. The molecule has 0 fully saturated rings. The van der Waals surface area contributed by atoms with Crippen LogP contribution in [-0.2, 0) is 10.8 Å². The monoisotopic (exact) mass is 667 g/mol. The third-order valence-corrected chi connectivity index (χ3v) is 13.0. The first kappa shape index (κ1) is 31.3. The highest BCUT2D eigenvalue weighted by Crippen LogP contribution is 2.56. The molecular weight excluding hydrogens is 623 g/mol. The van der Waals surface area contributed by atoms with Crippen LogP contribution in [0.15, 0.2) is 127 Å². The number of unbranched alkanes of at least 4 members (excludes halogenated alkanes) is 2. The van der Waals surface area contributed by atoms with Crippen molar-refractivity contribution in [3.8, 4) is 22.3 Å². The molecule has 0 bridgehead atoms. The molecule has 2 aliphatic carbocycles. The number of thiophene rings is 1. The Morgan fingerprint density at radius 1 is 0.480 bits per heavy atom. The quantitative estimate of drug-likeness (QED) is 0.148. The molecule has 0 saturated heterocycles. The van der Waals surface area contributed by atoms with Crippen molar-refractivity contribution in [3.05, 3.63) is 150 Å². The van der Waals surface area contributed by atoms with Gasteiger partial charge in [0.2, 0.25) is 0 Å². The maximum Gasteiger partial charge on any atom is 0.0468 e. The number of benzene rings is 6. The second-order valence-electron chi connectivity index (χ2n) is 15.1. The van der Waals surface area contributed by atoms with Gasteiger partial charge in [0.15, 0.2) is 0 Å². The van der Waals surface area contributed by atoms with Crippen molar-refractivity contribution in [1.82, 2.24) is 0 Å². The first-order valence-electron chi connectivity index (χ1n) is 18.6. The Kier molecular flexibility index (Phi) is 7.51. The summed E-state index contributed by atoms with van der Waals surface area (Å²) in [4.78, 5) is 2.54. The first-order valence-corrected chi connectivity index (χ1v) is 19.5. The SMILES string of the molecule is CCCCC1(CCCC)c2ccccc2-c2ccc(N(c3ccc4c(c3)C(C)(C)c3ccccc3-4)c3ccc4sc5ccccc5c4c3)cc21. The van der Waals surface area contributed by atoms with Crippen LogP contribution in [-0.4, -0.2) is 0 Å². The van der Waals surface area contributed by atoms with Crippen molar-refractivity contribution < 1.29 is 0 Å². The summed E-state index contributed by atoms with van der Waals surface area (Å²) in [5, 5.41) is 2.66. The number of rotatable bonds is 9. The van der Waals surface area contributed by atoms with Crippen LogP contribution < -0.4 is 4.90 Å². The molecule has 1 aromatic heterocycles. The highest BCUT2D eigenvalue weighted by atomic mass is 32.1. The van der Waals surface area contributed by atoms with E-state index in [1.165, 1.54) is 120 Å². The molecule has 6 aromatic carbocycles. The average Bonchev–Trinajstić information content (AvgIpc) is 3.74. The summed E-state index contributed by atoms with van der Waals surface area (Å²) in [7, 11) is 0. The molecule has 0 amide bonds. The Morgan fingerprint density at radius 3 is 1.72 bits per heavy atom. The lowest BCUT2D eigenvalue weighted by Crippen LogP contribution is -2.25. The van der Waals surface area contributed by atoms with Crippen LogP contribution in [0.5, 0.6) is 0 Å². The van der Waals surface area contributed by atoms with Gasteiger partial charge in [-0.2, -0.15) is 0 Å². The van der Waals surface area contributed by atoms with Gasteiger partial charge in [-0.3, -0.25) is 0 Å². The van der Waals surface area contributed by atoms with E-state index < -0.39 is 0 Å². The summed E-state index contributed by atoms with van der Waals surface area (Å²) in [5.41, 5.74) is 15.0. The summed E-state index contributed by atoms with van der Waals surface area (Å²) >= 11 is 1.89. The van der Waals surface area contributed by atoms with Gasteiger partial charge in [-0.25, -0.2) is 0 Å². The number of nitrogens with zero attached hydrogens (tertiary/aromatic N) is 1. The van der Waals surface area contributed by atoms with Crippen molar-refractivity contribution in [2.75, 3.05) is 4.90 Å². The van der Waals surface area contributed by atoms with Crippen LogP contribution in [0, 0.1) is 0 Å². The lowest BCUT2D eigenvalue weighted by molar-refractivity contribution is 0.414. The number of hydrogen-bond acceptors (Lipinski definition) is 2. The van der Waals surface area contributed by atoms with E-state index in [1.807, 2.05) is 11.3 Å². The van der Waals surface area contributed by atoms with Gasteiger partial charge in [0.25, 0.3) is 0 Å². The largest absolute Gasteiger partial charge is 0.310 e. The highest BCUT2D eigenvalue weighted by molar-refractivity contribution is 7.25. The zero-order chi connectivity index (χ0) is 34.0. The molecule has 9 rings (SSSR count). The molecule has 0 radical (unpaired) electrons. The Morgan fingerprint density at radius 2 is 1.00 bits per heavy atom. The molecule has 50 heavy (non-hydrogen) atoms. The van der Waals surface area contributed by atoms with Gasteiger partial charge in [0.05, 0.1) is 0 Å². The Balaban J connectivity index is 1.27. The highest BCUT2D eigenvalue weighted by Gasteiger charge is 2.42. The number of hydrogen-bond donors (Lipinski definition) is 0. The van der Waals surface area contributed by atoms with Crippen molar-refractivity contribution in [3.63, 3.8) is 0 Å². The minimum Gasteiger partial charge on any atom is -0.310 e. The molecule has 0 atom stereocenters. The van der Waals surface area contributed by atoms with E-state index in [4.69, 9.17) is 0 Å². The summed E-state index contributed by atoms with van der Waals surface area (Å²) in [6.07, 6.45) is 7.25. The van der Waals surface area contributed by atoms with E-state index in [9.17, 15) is 0 Å². The molecule has 0 saturated carbocycles. The Bertz CT molecular complexity index is 2400. The lowest BCUT2D eigenvalue weighted by Gasteiger charge is -2.34. The zero-order valence-corrected chi connectivity index (χ0v) is 30.5. The van der Waals surface area contributed by atoms with Crippen LogP contribution in [0.25, 0.3) is 42.4 Å². The molecular formula is C48H45NS. The van der Waals surface area contributed by atoms with Gasteiger partial charge < -0.3 is 4.90 Å². The van der Waals surface area contributed by atoms with Gasteiger partial charge >= 0.3 is 0 Å². The second kappa shape index (κ2) is 12.0. The normalized spacial score (nSPS) is 14.8. The molecule has 2 heteroatoms. The predicted molar refractivity (Wildman–Crippen MR) is 217 cm³/mol.